The summed E-state index contributed by atoms with van der Waals surface area (Å²) < 4.78 is 24.4. The van der Waals surface area contributed by atoms with E-state index in [0.29, 0.717) is 17.1 Å². The molecule has 1 saturated heterocycles. The number of rotatable bonds is 2. The third kappa shape index (κ3) is 2.75. The molecule has 0 unspecified atom stereocenters. The Balaban J connectivity index is 2.22. The van der Waals surface area contributed by atoms with Gasteiger partial charge >= 0.3 is 0 Å². The van der Waals surface area contributed by atoms with Crippen molar-refractivity contribution in [3.63, 3.8) is 0 Å². The fourth-order valence-electron chi connectivity index (χ4n) is 2.17. The van der Waals surface area contributed by atoms with Crippen molar-refractivity contribution >= 4 is 38.9 Å². The minimum absolute atomic E-state index is 0.0150. The van der Waals surface area contributed by atoms with Crippen molar-refractivity contribution in [3.8, 4) is 0 Å². The van der Waals surface area contributed by atoms with Gasteiger partial charge in [-0.05, 0) is 12.5 Å². The molecule has 106 valence electrons. The van der Waals surface area contributed by atoms with Crippen LogP contribution in [0.3, 0.4) is 0 Å². The van der Waals surface area contributed by atoms with Crippen molar-refractivity contribution in [2.45, 2.75) is 12.5 Å². The van der Waals surface area contributed by atoms with Crippen molar-refractivity contribution in [1.82, 2.24) is 9.47 Å². The molecule has 1 aromatic heterocycles. The van der Waals surface area contributed by atoms with Crippen LogP contribution in [-0.4, -0.2) is 48.4 Å². The van der Waals surface area contributed by atoms with Crippen LogP contribution >= 0.6 is 23.2 Å². The molecule has 0 saturated carbocycles. The molecule has 2 heterocycles. The second kappa shape index (κ2) is 5.00. The first-order valence-electron chi connectivity index (χ1n) is 5.71. The lowest BCUT2D eigenvalue weighted by molar-refractivity contribution is 0.0738. The van der Waals surface area contributed by atoms with Gasteiger partial charge in [-0.1, -0.05) is 23.2 Å². The van der Waals surface area contributed by atoms with Crippen LogP contribution in [0.25, 0.3) is 0 Å². The van der Waals surface area contributed by atoms with Crippen LogP contribution < -0.4 is 0 Å². The summed E-state index contributed by atoms with van der Waals surface area (Å²) in [5.41, 5.74) is 0.349. The highest BCUT2D eigenvalue weighted by atomic mass is 35.5. The average molecular weight is 325 g/mol. The van der Waals surface area contributed by atoms with Crippen molar-refractivity contribution in [1.29, 1.82) is 0 Å². The van der Waals surface area contributed by atoms with Crippen molar-refractivity contribution < 1.29 is 13.2 Å². The van der Waals surface area contributed by atoms with E-state index in [2.05, 4.69) is 0 Å². The Bertz CT molecular complexity index is 624. The first-order chi connectivity index (χ1) is 8.73. The third-order valence-corrected chi connectivity index (χ3v) is 6.00. The molecule has 0 bridgehead atoms. The molecule has 0 spiro atoms. The Labute approximate surface area is 122 Å². The number of halogens is 2. The van der Waals surface area contributed by atoms with Gasteiger partial charge in [-0.3, -0.25) is 4.79 Å². The van der Waals surface area contributed by atoms with E-state index >= 15 is 0 Å². The van der Waals surface area contributed by atoms with Gasteiger partial charge in [0.2, 0.25) is 0 Å². The smallest absolute Gasteiger partial charge is 0.270 e. The van der Waals surface area contributed by atoms with Gasteiger partial charge in [0.1, 0.15) is 10.8 Å². The first-order valence-corrected chi connectivity index (χ1v) is 8.29. The zero-order valence-electron chi connectivity index (χ0n) is 10.6. The molecule has 2 rings (SSSR count). The van der Waals surface area contributed by atoms with E-state index in [-0.39, 0.29) is 28.6 Å². The molecule has 1 atom stereocenters. The lowest BCUT2D eigenvalue weighted by Gasteiger charge is -2.23. The van der Waals surface area contributed by atoms with Crippen LogP contribution in [0, 0.1) is 0 Å². The maximum Gasteiger partial charge on any atom is 0.270 e. The number of amides is 1. The maximum absolute atomic E-state index is 12.3. The predicted octanol–water partition coefficient (Wildman–Crippen LogP) is 1.59. The molecular formula is C11H14Cl2N2O3S. The van der Waals surface area contributed by atoms with E-state index in [9.17, 15) is 13.2 Å². The molecule has 1 aliphatic rings. The van der Waals surface area contributed by atoms with Gasteiger partial charge < -0.3 is 9.47 Å². The summed E-state index contributed by atoms with van der Waals surface area (Å²) in [7, 11) is 0.217. The first kappa shape index (κ1) is 14.7. The van der Waals surface area contributed by atoms with E-state index in [0.717, 1.165) is 0 Å². The van der Waals surface area contributed by atoms with Gasteiger partial charge in [-0.25, -0.2) is 8.42 Å². The number of carbonyl (C=O) groups is 1. The SMILES string of the molecule is CN(C(=O)c1cc(Cl)c(Cl)n1C)[C@@H]1CCS(=O)(=O)C1. The molecule has 8 heteroatoms. The van der Waals surface area contributed by atoms with Gasteiger partial charge in [0.25, 0.3) is 5.91 Å². The van der Waals surface area contributed by atoms with Crippen LogP contribution in [0.4, 0.5) is 0 Å². The number of hydrogen-bond acceptors (Lipinski definition) is 3. The summed E-state index contributed by atoms with van der Waals surface area (Å²) >= 11 is 11.8. The summed E-state index contributed by atoms with van der Waals surface area (Å²) in [6.45, 7) is 0. The van der Waals surface area contributed by atoms with E-state index in [1.165, 1.54) is 15.5 Å². The molecule has 1 aromatic rings. The van der Waals surface area contributed by atoms with Gasteiger partial charge in [0.05, 0.1) is 16.5 Å². The lowest BCUT2D eigenvalue weighted by Crippen LogP contribution is -2.38. The largest absolute Gasteiger partial charge is 0.336 e. The molecule has 0 N–H and O–H groups in total. The minimum Gasteiger partial charge on any atom is -0.336 e. The minimum atomic E-state index is -3.02. The highest BCUT2D eigenvalue weighted by Gasteiger charge is 2.34. The second-order valence-electron chi connectivity index (χ2n) is 4.70. The fraction of sp³-hybridized carbons (Fsp3) is 0.545. The molecule has 0 aromatic carbocycles. The molecule has 1 fully saturated rings. The fourth-order valence-corrected chi connectivity index (χ4v) is 4.33. The van der Waals surface area contributed by atoms with Crippen LogP contribution in [0.5, 0.6) is 0 Å². The molecule has 1 aliphatic heterocycles. The van der Waals surface area contributed by atoms with Crippen LogP contribution in [0.15, 0.2) is 6.07 Å². The molecule has 0 radical (unpaired) electrons. The summed E-state index contributed by atoms with van der Waals surface area (Å²) in [5.74, 6) is -0.135. The second-order valence-corrected chi connectivity index (χ2v) is 7.69. The molecular weight excluding hydrogens is 311 g/mol. The quantitative estimate of drug-likeness (QED) is 0.830. The van der Waals surface area contributed by atoms with Crippen LogP contribution in [-0.2, 0) is 16.9 Å². The van der Waals surface area contributed by atoms with Gasteiger partial charge in [0.15, 0.2) is 9.84 Å². The summed E-state index contributed by atoms with van der Waals surface area (Å²) in [6, 6.07) is 1.21. The summed E-state index contributed by atoms with van der Waals surface area (Å²) in [5, 5.41) is 0.595. The van der Waals surface area contributed by atoms with Crippen molar-refractivity contribution in [2.24, 2.45) is 7.05 Å². The van der Waals surface area contributed by atoms with E-state index in [4.69, 9.17) is 23.2 Å². The van der Waals surface area contributed by atoms with Crippen molar-refractivity contribution in [2.75, 3.05) is 18.6 Å². The number of carbonyl (C=O) groups excluding carboxylic acids is 1. The lowest BCUT2D eigenvalue weighted by atomic mass is 10.2. The van der Waals surface area contributed by atoms with Gasteiger partial charge in [-0.15, -0.1) is 0 Å². The summed E-state index contributed by atoms with van der Waals surface area (Å²) in [4.78, 5) is 13.8. The number of nitrogens with zero attached hydrogens (tertiary/aromatic N) is 2. The van der Waals surface area contributed by atoms with E-state index in [1.807, 2.05) is 0 Å². The Morgan fingerprint density at radius 3 is 2.53 bits per heavy atom. The highest BCUT2D eigenvalue weighted by Crippen LogP contribution is 2.27. The zero-order chi connectivity index (χ0) is 14.4. The molecule has 1 amide bonds. The normalized spacial score (nSPS) is 21.6. The zero-order valence-corrected chi connectivity index (χ0v) is 12.9. The predicted molar refractivity (Wildman–Crippen MR) is 74.6 cm³/mol. The van der Waals surface area contributed by atoms with Crippen LogP contribution in [0.2, 0.25) is 10.2 Å². The Morgan fingerprint density at radius 1 is 1.47 bits per heavy atom. The average Bonchev–Trinajstić information content (AvgIpc) is 2.82. The summed E-state index contributed by atoms with van der Waals surface area (Å²) in [6.07, 6.45) is 0.469. The Hall–Kier alpha value is -0.720. The topological polar surface area (TPSA) is 59.4 Å². The monoisotopic (exact) mass is 324 g/mol. The number of aromatic nitrogens is 1. The van der Waals surface area contributed by atoms with E-state index in [1.54, 1.807) is 14.1 Å². The Morgan fingerprint density at radius 2 is 2.11 bits per heavy atom. The van der Waals surface area contributed by atoms with Gasteiger partial charge in [-0.2, -0.15) is 0 Å². The standard InChI is InChI=1S/C11H14Cl2N2O3S/c1-14(7-3-4-19(17,18)6-7)11(16)9-5-8(12)10(13)15(9)2/h5,7H,3-4,6H2,1-2H3/t7-/m1/s1. The Kier molecular flexibility index (Phi) is 3.86. The highest BCUT2D eigenvalue weighted by molar-refractivity contribution is 7.91. The molecule has 0 aliphatic carbocycles. The van der Waals surface area contributed by atoms with Crippen molar-refractivity contribution in [3.05, 3.63) is 21.9 Å². The molecule has 19 heavy (non-hydrogen) atoms. The number of hydrogen-bond donors (Lipinski definition) is 0. The van der Waals surface area contributed by atoms with Gasteiger partial charge in [0, 0.05) is 20.1 Å². The third-order valence-electron chi connectivity index (χ3n) is 3.41. The molecule has 5 nitrogen and oxygen atoms in total. The van der Waals surface area contributed by atoms with Crippen LogP contribution in [0.1, 0.15) is 16.9 Å². The number of sulfone groups is 1. The maximum atomic E-state index is 12.3. The van der Waals surface area contributed by atoms with E-state index < -0.39 is 9.84 Å².